The minimum atomic E-state index is -0.380. The molecule has 4 rings (SSSR count). The molecule has 0 unspecified atom stereocenters. The molecule has 3 aromatic rings. The van der Waals surface area contributed by atoms with Crippen LogP contribution in [0.3, 0.4) is 0 Å². The van der Waals surface area contributed by atoms with Crippen LogP contribution < -0.4 is 22.4 Å². The minimum absolute atomic E-state index is 0.275. The molecule has 0 atom stereocenters. The van der Waals surface area contributed by atoms with E-state index < -0.39 is 0 Å². The number of amidine groups is 1. The summed E-state index contributed by atoms with van der Waals surface area (Å²) in [6, 6.07) is 10.0. The number of anilines is 1. The molecule has 1 heterocycles. The standard InChI is InChI=1S/C21H22FN5O2/c22-18-10-14(6-8-15(18)12-3-1-2-4-12)25-21(28)17-11-29-19-9-13(5-7-16(17)19)20(26-23)27-24/h5-12H,1-4,23-24H2,(H,25,28)(H,26,27). The molecule has 1 aliphatic rings. The van der Waals surface area contributed by atoms with Gasteiger partial charge < -0.3 is 21.0 Å². The second kappa shape index (κ2) is 7.92. The van der Waals surface area contributed by atoms with E-state index in [4.69, 9.17) is 16.1 Å². The third kappa shape index (κ3) is 3.66. The maximum absolute atomic E-state index is 14.5. The zero-order valence-corrected chi connectivity index (χ0v) is 15.7. The van der Waals surface area contributed by atoms with Crippen molar-refractivity contribution in [1.29, 1.82) is 0 Å². The number of nitrogens with two attached hydrogens (primary N) is 2. The molecule has 1 aliphatic carbocycles. The third-order valence-electron chi connectivity index (χ3n) is 5.41. The average molecular weight is 395 g/mol. The van der Waals surface area contributed by atoms with Crippen molar-refractivity contribution < 1.29 is 13.6 Å². The van der Waals surface area contributed by atoms with E-state index in [1.165, 1.54) is 12.3 Å². The highest BCUT2D eigenvalue weighted by Gasteiger charge is 2.21. The summed E-state index contributed by atoms with van der Waals surface area (Å²) in [7, 11) is 0. The van der Waals surface area contributed by atoms with Gasteiger partial charge in [0.25, 0.3) is 5.91 Å². The summed E-state index contributed by atoms with van der Waals surface area (Å²) >= 11 is 0. The van der Waals surface area contributed by atoms with E-state index in [1.54, 1.807) is 30.3 Å². The van der Waals surface area contributed by atoms with Crippen LogP contribution in [-0.4, -0.2) is 11.7 Å². The van der Waals surface area contributed by atoms with Crippen LogP contribution in [-0.2, 0) is 0 Å². The Morgan fingerprint density at radius 1 is 1.17 bits per heavy atom. The first-order valence-electron chi connectivity index (χ1n) is 9.47. The van der Waals surface area contributed by atoms with Crippen LogP contribution in [0.1, 0.15) is 53.1 Å². The molecule has 6 N–H and O–H groups in total. The van der Waals surface area contributed by atoms with Gasteiger partial charge in [0.05, 0.1) is 5.56 Å². The van der Waals surface area contributed by atoms with E-state index in [9.17, 15) is 9.18 Å². The monoisotopic (exact) mass is 395 g/mol. The van der Waals surface area contributed by atoms with E-state index in [1.807, 2.05) is 0 Å². The molecule has 2 aromatic carbocycles. The molecule has 0 saturated heterocycles. The second-order valence-electron chi connectivity index (χ2n) is 7.15. The molecule has 1 amide bonds. The number of carbonyl (C=O) groups is 1. The molecule has 7 nitrogen and oxygen atoms in total. The zero-order chi connectivity index (χ0) is 20.4. The first-order chi connectivity index (χ1) is 14.1. The number of carbonyl (C=O) groups excluding carboxylic acids is 1. The zero-order valence-electron chi connectivity index (χ0n) is 15.7. The Hall–Kier alpha value is -3.39. The number of hydrogen-bond donors (Lipinski definition) is 4. The molecule has 0 aliphatic heterocycles. The summed E-state index contributed by atoms with van der Waals surface area (Å²) in [6.45, 7) is 0. The van der Waals surface area contributed by atoms with Gasteiger partial charge in [0.15, 0.2) is 5.84 Å². The molecular weight excluding hydrogens is 373 g/mol. The van der Waals surface area contributed by atoms with Crippen molar-refractivity contribution in [2.45, 2.75) is 31.6 Å². The summed E-state index contributed by atoms with van der Waals surface area (Å²) < 4.78 is 20.0. The van der Waals surface area contributed by atoms with Crippen LogP contribution in [0.5, 0.6) is 0 Å². The number of fused-ring (bicyclic) bond motifs is 1. The Bertz CT molecular complexity index is 1090. The summed E-state index contributed by atoms with van der Waals surface area (Å²) in [6.07, 6.45) is 5.67. The fourth-order valence-corrected chi connectivity index (χ4v) is 3.92. The van der Waals surface area contributed by atoms with Crippen LogP contribution in [0.15, 0.2) is 52.2 Å². The van der Waals surface area contributed by atoms with Crippen molar-refractivity contribution in [1.82, 2.24) is 5.43 Å². The lowest BCUT2D eigenvalue weighted by molar-refractivity contribution is 0.102. The molecule has 150 valence electrons. The van der Waals surface area contributed by atoms with Crippen molar-refractivity contribution >= 4 is 28.4 Å². The lowest BCUT2D eigenvalue weighted by Crippen LogP contribution is -2.31. The highest BCUT2D eigenvalue weighted by Crippen LogP contribution is 2.36. The summed E-state index contributed by atoms with van der Waals surface area (Å²) in [4.78, 5) is 12.7. The van der Waals surface area contributed by atoms with Gasteiger partial charge in [-0.2, -0.15) is 5.10 Å². The van der Waals surface area contributed by atoms with Crippen LogP contribution in [0.2, 0.25) is 0 Å². The van der Waals surface area contributed by atoms with Crippen LogP contribution in [0.25, 0.3) is 11.0 Å². The highest BCUT2D eigenvalue weighted by molar-refractivity contribution is 6.13. The molecule has 1 aromatic heterocycles. The van der Waals surface area contributed by atoms with E-state index in [2.05, 4.69) is 15.8 Å². The molecule has 0 radical (unpaired) electrons. The van der Waals surface area contributed by atoms with Crippen LogP contribution in [0.4, 0.5) is 10.1 Å². The van der Waals surface area contributed by atoms with Gasteiger partial charge in [-0.3, -0.25) is 4.79 Å². The van der Waals surface area contributed by atoms with Gasteiger partial charge in [-0.15, -0.1) is 0 Å². The van der Waals surface area contributed by atoms with E-state index in [-0.39, 0.29) is 23.5 Å². The van der Waals surface area contributed by atoms with Crippen molar-refractivity contribution in [3.05, 3.63) is 65.2 Å². The summed E-state index contributed by atoms with van der Waals surface area (Å²) in [5.74, 6) is 10.6. The Labute approximate surface area is 166 Å². The Balaban J connectivity index is 1.55. The van der Waals surface area contributed by atoms with E-state index in [0.717, 1.165) is 31.2 Å². The molecule has 8 heteroatoms. The maximum Gasteiger partial charge on any atom is 0.259 e. The number of rotatable bonds is 4. The number of nitrogens with zero attached hydrogens (tertiary/aromatic N) is 1. The van der Waals surface area contributed by atoms with Gasteiger partial charge >= 0.3 is 0 Å². The number of benzene rings is 2. The van der Waals surface area contributed by atoms with Crippen LogP contribution in [0, 0.1) is 5.82 Å². The topological polar surface area (TPSA) is 119 Å². The molecule has 29 heavy (non-hydrogen) atoms. The fourth-order valence-electron chi connectivity index (χ4n) is 3.92. The van der Waals surface area contributed by atoms with Gasteiger partial charge in [0.2, 0.25) is 0 Å². The third-order valence-corrected chi connectivity index (χ3v) is 5.41. The van der Waals surface area contributed by atoms with Gasteiger partial charge in [0.1, 0.15) is 17.7 Å². The predicted octanol–water partition coefficient (Wildman–Crippen LogP) is 3.57. The van der Waals surface area contributed by atoms with Crippen molar-refractivity contribution in [2.75, 3.05) is 5.32 Å². The number of hydrogen-bond acceptors (Lipinski definition) is 5. The van der Waals surface area contributed by atoms with Gasteiger partial charge in [-0.1, -0.05) is 25.0 Å². The summed E-state index contributed by atoms with van der Waals surface area (Å²) in [5, 5.41) is 6.90. The van der Waals surface area contributed by atoms with Crippen molar-refractivity contribution in [3.8, 4) is 0 Å². The van der Waals surface area contributed by atoms with Gasteiger partial charge in [-0.05, 0) is 48.6 Å². The smallest absolute Gasteiger partial charge is 0.259 e. The fraction of sp³-hybridized carbons (Fsp3) is 0.238. The lowest BCUT2D eigenvalue weighted by atomic mass is 9.97. The maximum atomic E-state index is 14.5. The largest absolute Gasteiger partial charge is 0.463 e. The summed E-state index contributed by atoms with van der Waals surface area (Å²) in [5.41, 5.74) is 4.97. The number of halogens is 1. The lowest BCUT2D eigenvalue weighted by Gasteiger charge is -2.12. The normalized spacial score (nSPS) is 15.0. The van der Waals surface area contributed by atoms with Gasteiger partial charge in [-0.25, -0.2) is 10.2 Å². The van der Waals surface area contributed by atoms with Crippen molar-refractivity contribution in [2.24, 2.45) is 16.8 Å². The molecule has 0 spiro atoms. The first kappa shape index (κ1) is 18.9. The molecule has 1 saturated carbocycles. The number of hydrazone groups is 1. The SMILES string of the molecule is N/N=C(\NN)c1ccc2c(C(=O)Nc3ccc(C4CCCC4)c(F)c3)coc2c1. The first-order valence-corrected chi connectivity index (χ1v) is 9.47. The Morgan fingerprint density at radius 2 is 1.97 bits per heavy atom. The minimum Gasteiger partial charge on any atom is -0.463 e. The highest BCUT2D eigenvalue weighted by atomic mass is 19.1. The Morgan fingerprint density at radius 3 is 2.66 bits per heavy atom. The number of nitrogens with one attached hydrogen (secondary N) is 2. The molecule has 0 bridgehead atoms. The average Bonchev–Trinajstić information content (AvgIpc) is 3.39. The van der Waals surface area contributed by atoms with Crippen molar-refractivity contribution in [3.63, 3.8) is 0 Å². The molecule has 1 fully saturated rings. The van der Waals surface area contributed by atoms with Crippen LogP contribution >= 0.6 is 0 Å². The van der Waals surface area contributed by atoms with E-state index >= 15 is 0 Å². The second-order valence-corrected chi connectivity index (χ2v) is 7.15. The number of furan rings is 1. The number of hydrazine groups is 1. The van der Waals surface area contributed by atoms with E-state index in [0.29, 0.717) is 27.8 Å². The predicted molar refractivity (Wildman–Crippen MR) is 110 cm³/mol. The number of amides is 1. The quantitative estimate of drug-likeness (QED) is 0.233. The molecular formula is C21H22FN5O2. The Kier molecular flexibility index (Phi) is 5.18. The van der Waals surface area contributed by atoms with Gasteiger partial charge in [0, 0.05) is 16.6 Å².